The van der Waals surface area contributed by atoms with Crippen molar-refractivity contribution in [1.29, 1.82) is 0 Å². The Kier molecular flexibility index (Phi) is 7.22. The second-order valence-electron chi connectivity index (χ2n) is 12.5. The van der Waals surface area contributed by atoms with Crippen LogP contribution in [0.2, 0.25) is 0 Å². The molecule has 0 N–H and O–H groups in total. The van der Waals surface area contributed by atoms with Crippen molar-refractivity contribution < 1.29 is 4.42 Å². The van der Waals surface area contributed by atoms with Gasteiger partial charge in [0.2, 0.25) is 0 Å². The highest BCUT2D eigenvalue weighted by Crippen LogP contribution is 2.45. The number of hydrogen-bond donors (Lipinski definition) is 0. The maximum Gasteiger partial charge on any atom is 0.136 e. The Morgan fingerprint density at radius 2 is 0.796 bits per heavy atom. The zero-order valence-electron chi connectivity index (χ0n) is 26.9. The second kappa shape index (κ2) is 12.3. The molecule has 0 aliphatic carbocycles. The third-order valence-electron chi connectivity index (χ3n) is 9.51. The summed E-state index contributed by atoms with van der Waals surface area (Å²) in [5, 5.41) is 11.2. The van der Waals surface area contributed by atoms with Crippen LogP contribution in [0.4, 0.5) is 0 Å². The molecule has 230 valence electrons. The van der Waals surface area contributed by atoms with Gasteiger partial charge in [0.25, 0.3) is 0 Å². The van der Waals surface area contributed by atoms with Crippen molar-refractivity contribution in [2.75, 3.05) is 0 Å². The monoisotopic (exact) mass is 624 g/mol. The van der Waals surface area contributed by atoms with Gasteiger partial charge >= 0.3 is 0 Å². The van der Waals surface area contributed by atoms with E-state index in [0.29, 0.717) is 0 Å². The van der Waals surface area contributed by atoms with Crippen LogP contribution in [-0.4, -0.2) is 0 Å². The van der Waals surface area contributed by atoms with E-state index in [1.165, 1.54) is 65.3 Å². The first-order valence-corrected chi connectivity index (χ1v) is 16.8. The van der Waals surface area contributed by atoms with Gasteiger partial charge in [-0.3, -0.25) is 0 Å². The SMILES string of the molecule is c1ccc(-c2c(-c3cccc4ccccc34)ccc3cc4ccccc4cc23)c(-c2cc3ccccc3o2)c1.c1ccc2ccccc2c1. The first-order valence-electron chi connectivity index (χ1n) is 16.8. The highest BCUT2D eigenvalue weighted by atomic mass is 16.3. The summed E-state index contributed by atoms with van der Waals surface area (Å²) >= 11 is 0. The van der Waals surface area contributed by atoms with Gasteiger partial charge in [0.05, 0.1) is 0 Å². The molecule has 0 aliphatic heterocycles. The Morgan fingerprint density at radius 1 is 0.265 bits per heavy atom. The Hall–Kier alpha value is -6.44. The smallest absolute Gasteiger partial charge is 0.136 e. The summed E-state index contributed by atoms with van der Waals surface area (Å²) in [6.45, 7) is 0. The molecule has 0 radical (unpaired) electrons. The summed E-state index contributed by atoms with van der Waals surface area (Å²) < 4.78 is 6.41. The second-order valence-corrected chi connectivity index (χ2v) is 12.5. The number of fused-ring (bicyclic) bond motifs is 5. The van der Waals surface area contributed by atoms with Crippen LogP contribution in [0.5, 0.6) is 0 Å². The molecule has 1 heterocycles. The van der Waals surface area contributed by atoms with Gasteiger partial charge in [-0.2, -0.15) is 0 Å². The molecule has 0 bridgehead atoms. The number of para-hydroxylation sites is 1. The molecular weight excluding hydrogens is 593 g/mol. The molecule has 0 saturated carbocycles. The molecule has 49 heavy (non-hydrogen) atoms. The van der Waals surface area contributed by atoms with Gasteiger partial charge in [-0.25, -0.2) is 0 Å². The van der Waals surface area contributed by atoms with E-state index in [4.69, 9.17) is 4.42 Å². The fraction of sp³-hybridized carbons (Fsp3) is 0. The van der Waals surface area contributed by atoms with Crippen molar-refractivity contribution in [2.45, 2.75) is 0 Å². The Morgan fingerprint density at radius 3 is 1.51 bits per heavy atom. The first kappa shape index (κ1) is 28.8. The lowest BCUT2D eigenvalue weighted by molar-refractivity contribution is 0.632. The van der Waals surface area contributed by atoms with Gasteiger partial charge in [-0.1, -0.05) is 170 Å². The first-order chi connectivity index (χ1) is 24.3. The van der Waals surface area contributed by atoms with Crippen molar-refractivity contribution in [1.82, 2.24) is 0 Å². The summed E-state index contributed by atoms with van der Waals surface area (Å²) in [5.41, 5.74) is 6.85. The van der Waals surface area contributed by atoms with Crippen LogP contribution in [-0.2, 0) is 0 Å². The molecule has 10 rings (SSSR count). The molecule has 0 aliphatic rings. The molecule has 0 fully saturated rings. The van der Waals surface area contributed by atoms with Crippen molar-refractivity contribution >= 4 is 54.1 Å². The highest BCUT2D eigenvalue weighted by molar-refractivity contribution is 6.13. The van der Waals surface area contributed by atoms with E-state index in [1.54, 1.807) is 0 Å². The molecule has 0 unspecified atom stereocenters. The molecule has 0 spiro atoms. The van der Waals surface area contributed by atoms with Crippen LogP contribution in [0.15, 0.2) is 199 Å². The van der Waals surface area contributed by atoms with Crippen LogP contribution < -0.4 is 0 Å². The Balaban J connectivity index is 0.000000278. The van der Waals surface area contributed by atoms with Gasteiger partial charge in [0, 0.05) is 10.9 Å². The molecule has 0 amide bonds. The molecule has 0 atom stereocenters. The number of furan rings is 1. The van der Waals surface area contributed by atoms with E-state index >= 15 is 0 Å². The predicted molar refractivity (Wildman–Crippen MR) is 209 cm³/mol. The maximum absolute atomic E-state index is 6.41. The average molecular weight is 625 g/mol. The van der Waals surface area contributed by atoms with E-state index in [0.717, 1.165) is 22.3 Å². The fourth-order valence-electron chi connectivity index (χ4n) is 7.15. The number of hydrogen-bond acceptors (Lipinski definition) is 1. The van der Waals surface area contributed by atoms with Crippen molar-refractivity contribution in [3.05, 3.63) is 194 Å². The minimum Gasteiger partial charge on any atom is -0.456 e. The number of benzene rings is 9. The van der Waals surface area contributed by atoms with E-state index in [9.17, 15) is 0 Å². The molecule has 1 aromatic heterocycles. The summed E-state index contributed by atoms with van der Waals surface area (Å²) in [4.78, 5) is 0. The van der Waals surface area contributed by atoms with Crippen molar-refractivity contribution in [3.8, 4) is 33.6 Å². The van der Waals surface area contributed by atoms with E-state index in [-0.39, 0.29) is 0 Å². The molecular formula is C48H32O. The summed E-state index contributed by atoms with van der Waals surface area (Å²) in [5.74, 6) is 0.883. The van der Waals surface area contributed by atoms with Crippen molar-refractivity contribution in [2.24, 2.45) is 0 Å². The third-order valence-corrected chi connectivity index (χ3v) is 9.51. The largest absolute Gasteiger partial charge is 0.456 e. The number of rotatable bonds is 3. The lowest BCUT2D eigenvalue weighted by Gasteiger charge is -2.18. The Bertz CT molecular complexity index is 2680. The lowest BCUT2D eigenvalue weighted by Crippen LogP contribution is -1.92. The van der Waals surface area contributed by atoms with Gasteiger partial charge in [0.1, 0.15) is 11.3 Å². The van der Waals surface area contributed by atoms with Crippen LogP contribution in [0.1, 0.15) is 0 Å². The van der Waals surface area contributed by atoms with E-state index < -0.39 is 0 Å². The van der Waals surface area contributed by atoms with Crippen LogP contribution in [0, 0.1) is 0 Å². The highest BCUT2D eigenvalue weighted by Gasteiger charge is 2.19. The third kappa shape index (κ3) is 5.32. The molecule has 10 aromatic rings. The maximum atomic E-state index is 6.41. The minimum absolute atomic E-state index is 0.883. The van der Waals surface area contributed by atoms with Crippen molar-refractivity contribution in [3.63, 3.8) is 0 Å². The lowest BCUT2D eigenvalue weighted by atomic mass is 9.85. The normalized spacial score (nSPS) is 11.3. The van der Waals surface area contributed by atoms with E-state index in [1.807, 2.05) is 12.1 Å². The zero-order valence-corrected chi connectivity index (χ0v) is 26.9. The van der Waals surface area contributed by atoms with Crippen LogP contribution >= 0.6 is 0 Å². The minimum atomic E-state index is 0.883. The summed E-state index contributed by atoms with van der Waals surface area (Å²) in [7, 11) is 0. The molecule has 1 nitrogen and oxygen atoms in total. The van der Waals surface area contributed by atoms with Crippen LogP contribution in [0.3, 0.4) is 0 Å². The summed E-state index contributed by atoms with van der Waals surface area (Å²) in [6, 6.07) is 68.8. The Labute approximate surface area is 285 Å². The summed E-state index contributed by atoms with van der Waals surface area (Å²) in [6.07, 6.45) is 0. The van der Waals surface area contributed by atoms with Gasteiger partial charge in [-0.05, 0) is 89.6 Å². The van der Waals surface area contributed by atoms with Gasteiger partial charge in [-0.15, -0.1) is 0 Å². The van der Waals surface area contributed by atoms with Crippen LogP contribution in [0.25, 0.3) is 87.6 Å². The quantitative estimate of drug-likeness (QED) is 0.178. The van der Waals surface area contributed by atoms with E-state index in [2.05, 4.69) is 182 Å². The topological polar surface area (TPSA) is 13.1 Å². The standard InChI is InChI=1S/C38H24O.C10H8/c1-2-12-27-23-35-28(22-26(27)11-1)20-21-34(31-18-9-14-25-10-3-5-15-30(25)31)38(35)33-17-7-6-16-32(33)37-24-29-13-4-8-19-36(29)39-37;1-2-6-10-8-4-3-7-9(10)5-1/h1-24H;1-8H. The van der Waals surface area contributed by atoms with Gasteiger partial charge < -0.3 is 4.42 Å². The van der Waals surface area contributed by atoms with Gasteiger partial charge in [0.15, 0.2) is 0 Å². The average Bonchev–Trinajstić information content (AvgIpc) is 3.61. The molecule has 1 heteroatoms. The predicted octanol–water partition coefficient (Wildman–Crippen LogP) is 13.7. The molecule has 9 aromatic carbocycles. The molecule has 0 saturated heterocycles. The fourth-order valence-corrected chi connectivity index (χ4v) is 7.15. The zero-order chi connectivity index (χ0) is 32.6.